The molecule has 0 N–H and O–H groups in total. The van der Waals surface area contributed by atoms with Crippen molar-refractivity contribution in [3.8, 4) is 22.3 Å². The number of benzene rings is 5. The Morgan fingerprint density at radius 2 is 1.09 bits per heavy atom. The third-order valence-corrected chi connectivity index (χ3v) is 8.73. The van der Waals surface area contributed by atoms with E-state index in [4.69, 9.17) is 0 Å². The quantitative estimate of drug-likeness (QED) is 0.141. The molecule has 0 amide bonds. The van der Waals surface area contributed by atoms with Crippen molar-refractivity contribution in [2.24, 2.45) is 0 Å². The van der Waals surface area contributed by atoms with Gasteiger partial charge in [0.1, 0.15) is 0 Å². The number of aryl methyl sites for hydroxylation is 1. The minimum atomic E-state index is 1.12. The summed E-state index contributed by atoms with van der Waals surface area (Å²) in [5.41, 5.74) is 15.7. The van der Waals surface area contributed by atoms with Gasteiger partial charge >= 0.3 is 0 Å². The van der Waals surface area contributed by atoms with Crippen LogP contribution in [0, 0.1) is 6.92 Å². The van der Waals surface area contributed by atoms with Crippen molar-refractivity contribution in [3.63, 3.8) is 0 Å². The fourth-order valence-corrected chi connectivity index (χ4v) is 5.62. The van der Waals surface area contributed by atoms with E-state index >= 15 is 0 Å². The van der Waals surface area contributed by atoms with Crippen LogP contribution in [0.1, 0.15) is 96.0 Å². The fourth-order valence-electron chi connectivity index (χ4n) is 5.62. The summed E-state index contributed by atoms with van der Waals surface area (Å²) in [6.07, 6.45) is 20.3. The van der Waals surface area contributed by atoms with E-state index in [1.165, 1.54) is 74.1 Å². The molecule has 0 heterocycles. The number of allylic oxidation sites excluding steroid dienone is 10. The highest BCUT2D eigenvalue weighted by atomic mass is 14.2. The third-order valence-electron chi connectivity index (χ3n) is 8.73. The van der Waals surface area contributed by atoms with Gasteiger partial charge in [0, 0.05) is 0 Å². The molecular weight excluding hydrogens is 649 g/mol. The molecule has 6 rings (SSSR count). The number of fused-ring (bicyclic) bond motifs is 1. The van der Waals surface area contributed by atoms with Crippen molar-refractivity contribution < 1.29 is 0 Å². The molecule has 0 nitrogen and oxygen atoms in total. The second-order valence-electron chi connectivity index (χ2n) is 12.8. The summed E-state index contributed by atoms with van der Waals surface area (Å²) < 4.78 is 0. The molecule has 0 heteroatoms. The molecule has 0 fully saturated rings. The maximum absolute atomic E-state index is 3.78. The van der Waals surface area contributed by atoms with Crippen LogP contribution in [0.2, 0.25) is 0 Å². The summed E-state index contributed by atoms with van der Waals surface area (Å²) in [6, 6.07) is 44.9. The van der Waals surface area contributed by atoms with Crippen LogP contribution in [-0.4, -0.2) is 0 Å². The Balaban J connectivity index is 0.000000269. The van der Waals surface area contributed by atoms with Crippen molar-refractivity contribution in [2.75, 3.05) is 0 Å². The van der Waals surface area contributed by atoms with Gasteiger partial charge in [-0.25, -0.2) is 0 Å². The number of rotatable bonds is 8. The molecule has 280 valence electrons. The molecule has 0 spiro atoms. The van der Waals surface area contributed by atoms with Gasteiger partial charge in [0.25, 0.3) is 0 Å². The van der Waals surface area contributed by atoms with Crippen LogP contribution in [0.25, 0.3) is 39.5 Å². The highest BCUT2D eigenvalue weighted by Gasteiger charge is 2.15. The van der Waals surface area contributed by atoms with Gasteiger partial charge in [-0.2, -0.15) is 0 Å². The van der Waals surface area contributed by atoms with Gasteiger partial charge in [0.05, 0.1) is 0 Å². The second kappa shape index (κ2) is 26.3. The molecule has 5 aromatic carbocycles. The fraction of sp³-hybridized carbons (Fsp3) is 0.222. The van der Waals surface area contributed by atoms with Crippen LogP contribution in [0.15, 0.2) is 182 Å². The first-order valence-corrected chi connectivity index (χ1v) is 19.7. The largest absolute Gasteiger partial charge is 0.0985 e. The van der Waals surface area contributed by atoms with Crippen LogP contribution in [-0.2, 0) is 6.42 Å². The summed E-state index contributed by atoms with van der Waals surface area (Å²) in [4.78, 5) is 0. The van der Waals surface area contributed by atoms with Crippen LogP contribution < -0.4 is 0 Å². The van der Waals surface area contributed by atoms with Gasteiger partial charge in [0.2, 0.25) is 0 Å². The molecule has 0 radical (unpaired) electrons. The molecule has 0 atom stereocenters. The smallest absolute Gasteiger partial charge is 0.00545 e. The number of hydrogen-bond donors (Lipinski definition) is 0. The maximum atomic E-state index is 3.78. The van der Waals surface area contributed by atoms with E-state index in [1.807, 2.05) is 45.9 Å². The van der Waals surface area contributed by atoms with Gasteiger partial charge in [-0.05, 0) is 96.7 Å². The van der Waals surface area contributed by atoms with Crippen molar-refractivity contribution in [2.45, 2.75) is 81.6 Å². The predicted molar refractivity (Wildman–Crippen MR) is 246 cm³/mol. The summed E-state index contributed by atoms with van der Waals surface area (Å²) in [5.74, 6) is 0. The lowest BCUT2D eigenvalue weighted by molar-refractivity contribution is 0.886. The van der Waals surface area contributed by atoms with E-state index in [9.17, 15) is 0 Å². The topological polar surface area (TPSA) is 0 Å². The SMILES string of the molecule is C/C=C/C1=C(C)Cc2ccccc21.C=Cc1ccc(-c2ccc(-c3ccc(C)cc3)cc2)cc1.CC.CCCC.C\C=C/C(=C\C=C\C)c1ccccc1. The minimum absolute atomic E-state index is 1.12. The molecule has 0 aliphatic heterocycles. The lowest BCUT2D eigenvalue weighted by atomic mass is 9.99. The van der Waals surface area contributed by atoms with Crippen molar-refractivity contribution in [1.29, 1.82) is 0 Å². The zero-order valence-electron chi connectivity index (χ0n) is 34.6. The van der Waals surface area contributed by atoms with Crippen LogP contribution in [0.3, 0.4) is 0 Å². The summed E-state index contributed by atoms with van der Waals surface area (Å²) in [6.45, 7) is 22.6. The summed E-state index contributed by atoms with van der Waals surface area (Å²) in [5, 5.41) is 0. The molecule has 1 aliphatic rings. The lowest BCUT2D eigenvalue weighted by Crippen LogP contribution is -1.81. The van der Waals surface area contributed by atoms with Gasteiger partial charge in [-0.1, -0.05) is 234 Å². The van der Waals surface area contributed by atoms with Crippen LogP contribution >= 0.6 is 0 Å². The van der Waals surface area contributed by atoms with E-state index in [1.54, 1.807) is 0 Å². The molecule has 5 aromatic rings. The Morgan fingerprint density at radius 3 is 1.57 bits per heavy atom. The third kappa shape index (κ3) is 14.9. The molecular formula is C54H64. The average molecular weight is 713 g/mol. The molecule has 54 heavy (non-hydrogen) atoms. The lowest BCUT2D eigenvalue weighted by Gasteiger charge is -2.06. The molecule has 0 saturated heterocycles. The van der Waals surface area contributed by atoms with Crippen LogP contribution in [0.5, 0.6) is 0 Å². The Hall–Kier alpha value is -5.46. The van der Waals surface area contributed by atoms with Crippen LogP contribution in [0.4, 0.5) is 0 Å². The standard InChI is InChI=1S/C21H18.C14H16.C13H14.C4H10.C2H6/c1-3-17-6-10-19(11-7-17)21-14-12-20(13-15-21)18-8-4-16(2)5-9-18;1-3-5-10-13(9-4-2)14-11-7-6-8-12-14;1-3-6-12-10(2)9-11-7-4-5-8-13(11)12;1-3-4-2;1-2/h3-15H,1H2,2H3;3-12H,1-2H3;3-8H,9H2,1-2H3;3-4H2,1-2H3;1-2H3/b;5-3+,9-4-,13-10+;6-3+;;. The van der Waals surface area contributed by atoms with E-state index in [-0.39, 0.29) is 0 Å². The second-order valence-corrected chi connectivity index (χ2v) is 12.8. The zero-order chi connectivity index (χ0) is 39.6. The minimum Gasteiger partial charge on any atom is -0.0985 e. The highest BCUT2D eigenvalue weighted by molar-refractivity contribution is 5.82. The molecule has 0 bridgehead atoms. The van der Waals surface area contributed by atoms with Gasteiger partial charge in [0.15, 0.2) is 0 Å². The highest BCUT2D eigenvalue weighted by Crippen LogP contribution is 2.33. The van der Waals surface area contributed by atoms with Gasteiger partial charge in [-0.15, -0.1) is 0 Å². The van der Waals surface area contributed by atoms with Crippen molar-refractivity contribution in [1.82, 2.24) is 0 Å². The first-order chi connectivity index (χ1) is 26.4. The first kappa shape index (κ1) is 44.7. The van der Waals surface area contributed by atoms with E-state index < -0.39 is 0 Å². The van der Waals surface area contributed by atoms with E-state index in [2.05, 4.69) is 199 Å². The number of hydrogen-bond acceptors (Lipinski definition) is 0. The van der Waals surface area contributed by atoms with E-state index in [0.717, 1.165) is 12.0 Å². The normalized spacial score (nSPS) is 11.8. The first-order valence-electron chi connectivity index (χ1n) is 19.7. The summed E-state index contributed by atoms with van der Waals surface area (Å²) >= 11 is 0. The van der Waals surface area contributed by atoms with Gasteiger partial charge in [-0.3, -0.25) is 0 Å². The van der Waals surface area contributed by atoms with Crippen molar-refractivity contribution >= 4 is 17.2 Å². The monoisotopic (exact) mass is 713 g/mol. The number of unbranched alkanes of at least 4 members (excludes halogenated alkanes) is 1. The average Bonchev–Trinajstić information content (AvgIpc) is 3.56. The zero-order valence-corrected chi connectivity index (χ0v) is 34.6. The van der Waals surface area contributed by atoms with E-state index in [0.29, 0.717) is 0 Å². The maximum Gasteiger partial charge on any atom is -0.00545 e. The van der Waals surface area contributed by atoms with Gasteiger partial charge < -0.3 is 0 Å². The summed E-state index contributed by atoms with van der Waals surface area (Å²) in [7, 11) is 0. The Labute approximate surface area is 329 Å². The Bertz CT molecular complexity index is 1920. The molecule has 0 aromatic heterocycles. The molecule has 1 aliphatic carbocycles. The Kier molecular flexibility index (Phi) is 21.8. The Morgan fingerprint density at radius 1 is 0.593 bits per heavy atom. The molecule has 0 unspecified atom stereocenters. The van der Waals surface area contributed by atoms with Crippen molar-refractivity contribution in [3.05, 3.63) is 210 Å². The predicted octanol–water partition coefficient (Wildman–Crippen LogP) is 16.6. The molecule has 0 saturated carbocycles.